The highest BCUT2D eigenvalue weighted by molar-refractivity contribution is 5.26. The fourth-order valence-electron chi connectivity index (χ4n) is 1.18. The molecule has 1 aromatic rings. The number of hydrogen-bond donors (Lipinski definition) is 2. The molecule has 1 atom stereocenters. The van der Waals surface area contributed by atoms with Crippen molar-refractivity contribution in [3.05, 3.63) is 12.0 Å². The van der Waals surface area contributed by atoms with Crippen LogP contribution in [0.2, 0.25) is 0 Å². The van der Waals surface area contributed by atoms with Crippen molar-refractivity contribution < 1.29 is 9.52 Å². The number of aromatic nitrogens is 1. The smallest absolute Gasteiger partial charge is 0.297 e. The molecule has 0 aromatic carbocycles. The lowest BCUT2D eigenvalue weighted by Gasteiger charge is -2.15. The van der Waals surface area contributed by atoms with E-state index in [-0.39, 0.29) is 6.61 Å². The molecule has 1 unspecified atom stereocenters. The fourth-order valence-corrected chi connectivity index (χ4v) is 1.18. The van der Waals surface area contributed by atoms with E-state index >= 15 is 0 Å². The molecule has 1 aromatic heterocycles. The number of nitrogens with zero attached hydrogens (tertiary/aromatic N) is 2. The van der Waals surface area contributed by atoms with Crippen molar-refractivity contribution in [2.45, 2.75) is 19.9 Å². The summed E-state index contributed by atoms with van der Waals surface area (Å²) in [6.07, 6.45) is 1.56. The Hall–Kier alpha value is -1.07. The molecule has 1 heterocycles. The molecule has 0 saturated heterocycles. The minimum Gasteiger partial charge on any atom is -0.427 e. The van der Waals surface area contributed by atoms with Crippen molar-refractivity contribution in [3.8, 4) is 0 Å². The number of aliphatic hydroxyl groups excluding tert-OH is 1. The Labute approximate surface area is 83.5 Å². The van der Waals surface area contributed by atoms with Gasteiger partial charge in [-0.3, -0.25) is 0 Å². The zero-order valence-electron chi connectivity index (χ0n) is 8.60. The highest BCUT2D eigenvalue weighted by Crippen LogP contribution is 2.17. The summed E-state index contributed by atoms with van der Waals surface area (Å²) in [5, 5.41) is 8.82. The van der Waals surface area contributed by atoms with Crippen molar-refractivity contribution in [2.24, 2.45) is 5.73 Å². The molecular formula is C9H17N3O2. The van der Waals surface area contributed by atoms with E-state index < -0.39 is 6.04 Å². The third-order valence-electron chi connectivity index (χ3n) is 2.11. The molecule has 0 bridgehead atoms. The van der Waals surface area contributed by atoms with Crippen LogP contribution in [0.5, 0.6) is 0 Å². The van der Waals surface area contributed by atoms with Gasteiger partial charge in [-0.1, -0.05) is 0 Å². The van der Waals surface area contributed by atoms with Crippen molar-refractivity contribution in [1.29, 1.82) is 0 Å². The van der Waals surface area contributed by atoms with Crippen LogP contribution in [0.15, 0.2) is 10.6 Å². The van der Waals surface area contributed by atoms with Gasteiger partial charge in [-0.15, -0.1) is 0 Å². The molecule has 1 rings (SSSR count). The summed E-state index contributed by atoms with van der Waals surface area (Å²) in [5.74, 6) is 0.523. The molecule has 0 radical (unpaired) electrons. The van der Waals surface area contributed by atoms with Gasteiger partial charge in [0.15, 0.2) is 0 Å². The van der Waals surface area contributed by atoms with E-state index in [1.54, 1.807) is 6.20 Å². The molecular weight excluding hydrogens is 182 g/mol. The molecule has 0 aliphatic heterocycles. The maximum absolute atomic E-state index is 8.82. The molecule has 0 amide bonds. The van der Waals surface area contributed by atoms with Crippen LogP contribution in [0, 0.1) is 0 Å². The zero-order chi connectivity index (χ0) is 10.6. The number of rotatable bonds is 5. The summed E-state index contributed by atoms with van der Waals surface area (Å²) < 4.78 is 5.41. The number of aliphatic hydroxyl groups is 1. The highest BCUT2D eigenvalue weighted by atomic mass is 16.4. The summed E-state index contributed by atoms with van der Waals surface area (Å²) in [6, 6.07) is 0.0840. The van der Waals surface area contributed by atoms with Crippen LogP contribution in [0.25, 0.3) is 0 Å². The van der Waals surface area contributed by atoms with Crippen LogP contribution in [0.3, 0.4) is 0 Å². The summed E-state index contributed by atoms with van der Waals surface area (Å²) in [4.78, 5) is 6.08. The van der Waals surface area contributed by atoms with Gasteiger partial charge in [-0.2, -0.15) is 0 Å². The lowest BCUT2D eigenvalue weighted by atomic mass is 10.3. The normalized spacial score (nSPS) is 12.9. The predicted octanol–water partition coefficient (Wildman–Crippen LogP) is 0.513. The van der Waals surface area contributed by atoms with Crippen LogP contribution in [-0.2, 0) is 0 Å². The molecule has 0 spiro atoms. The fraction of sp³-hybridized carbons (Fsp3) is 0.667. The van der Waals surface area contributed by atoms with Crippen LogP contribution < -0.4 is 10.6 Å². The van der Waals surface area contributed by atoms with Crippen LogP contribution >= 0.6 is 0 Å². The Morgan fingerprint density at radius 3 is 2.71 bits per heavy atom. The average Bonchev–Trinajstić information content (AvgIpc) is 2.68. The third-order valence-corrected chi connectivity index (χ3v) is 2.11. The summed E-state index contributed by atoms with van der Waals surface area (Å²) in [6.45, 7) is 5.60. The van der Waals surface area contributed by atoms with Gasteiger partial charge in [0.1, 0.15) is 5.76 Å². The standard InChI is InChI=1S/C9H17N3O2/c1-3-12(4-2)9-11-5-8(14-9)7(10)6-13/h5,7,13H,3-4,6,10H2,1-2H3. The van der Waals surface area contributed by atoms with Crippen molar-refractivity contribution in [2.75, 3.05) is 24.6 Å². The van der Waals surface area contributed by atoms with Crippen molar-refractivity contribution in [3.63, 3.8) is 0 Å². The Balaban J connectivity index is 2.76. The van der Waals surface area contributed by atoms with Gasteiger partial charge >= 0.3 is 0 Å². The zero-order valence-corrected chi connectivity index (χ0v) is 8.60. The predicted molar refractivity (Wildman–Crippen MR) is 54.1 cm³/mol. The topological polar surface area (TPSA) is 75.5 Å². The number of hydrogen-bond acceptors (Lipinski definition) is 5. The minimum absolute atomic E-state index is 0.132. The first kappa shape index (κ1) is 11.0. The maximum Gasteiger partial charge on any atom is 0.297 e. The highest BCUT2D eigenvalue weighted by Gasteiger charge is 2.13. The SMILES string of the molecule is CCN(CC)c1ncc(C(N)CO)o1. The molecule has 5 heteroatoms. The third kappa shape index (κ3) is 2.24. The second kappa shape index (κ2) is 4.97. The summed E-state index contributed by atoms with van der Waals surface area (Å²) in [7, 11) is 0. The Morgan fingerprint density at radius 2 is 2.21 bits per heavy atom. The Kier molecular flexibility index (Phi) is 3.91. The molecule has 0 fully saturated rings. The van der Waals surface area contributed by atoms with Gasteiger partial charge in [0, 0.05) is 13.1 Å². The monoisotopic (exact) mass is 199 g/mol. The van der Waals surface area contributed by atoms with Crippen molar-refractivity contribution in [1.82, 2.24) is 4.98 Å². The number of anilines is 1. The van der Waals surface area contributed by atoms with Gasteiger partial charge in [-0.25, -0.2) is 4.98 Å². The first-order valence-electron chi connectivity index (χ1n) is 4.80. The van der Waals surface area contributed by atoms with E-state index in [2.05, 4.69) is 4.98 Å². The number of nitrogens with two attached hydrogens (primary N) is 1. The van der Waals surface area contributed by atoms with E-state index in [1.165, 1.54) is 0 Å². The molecule has 3 N–H and O–H groups in total. The van der Waals surface area contributed by atoms with Gasteiger partial charge in [0.25, 0.3) is 6.01 Å². The molecule has 0 aliphatic carbocycles. The van der Waals surface area contributed by atoms with Gasteiger partial charge in [-0.05, 0) is 13.8 Å². The Morgan fingerprint density at radius 1 is 1.57 bits per heavy atom. The lowest BCUT2D eigenvalue weighted by molar-refractivity contribution is 0.252. The van der Waals surface area contributed by atoms with Crippen molar-refractivity contribution >= 4 is 6.01 Å². The van der Waals surface area contributed by atoms with Crippen LogP contribution in [0.1, 0.15) is 25.6 Å². The first-order chi connectivity index (χ1) is 6.72. The number of oxazole rings is 1. The van der Waals surface area contributed by atoms with Crippen LogP contribution in [-0.4, -0.2) is 29.8 Å². The van der Waals surface area contributed by atoms with E-state index in [4.69, 9.17) is 15.3 Å². The summed E-state index contributed by atoms with van der Waals surface area (Å²) >= 11 is 0. The molecule has 0 saturated carbocycles. The minimum atomic E-state index is -0.480. The molecule has 0 aliphatic rings. The van der Waals surface area contributed by atoms with Crippen LogP contribution in [0.4, 0.5) is 6.01 Å². The molecule has 80 valence electrons. The second-order valence-electron chi connectivity index (χ2n) is 3.01. The molecule has 14 heavy (non-hydrogen) atoms. The van der Waals surface area contributed by atoms with E-state index in [0.29, 0.717) is 11.8 Å². The molecule has 5 nitrogen and oxygen atoms in total. The van der Waals surface area contributed by atoms with E-state index in [0.717, 1.165) is 13.1 Å². The Bertz CT molecular complexity index is 271. The summed E-state index contributed by atoms with van der Waals surface area (Å²) in [5.41, 5.74) is 5.59. The quantitative estimate of drug-likeness (QED) is 0.722. The lowest BCUT2D eigenvalue weighted by Crippen LogP contribution is -2.22. The average molecular weight is 199 g/mol. The maximum atomic E-state index is 8.82. The largest absolute Gasteiger partial charge is 0.427 e. The first-order valence-corrected chi connectivity index (χ1v) is 4.80. The van der Waals surface area contributed by atoms with E-state index in [1.807, 2.05) is 18.7 Å². The van der Waals surface area contributed by atoms with Gasteiger partial charge in [0.2, 0.25) is 0 Å². The van der Waals surface area contributed by atoms with E-state index in [9.17, 15) is 0 Å². The second-order valence-corrected chi connectivity index (χ2v) is 3.01. The van der Waals surface area contributed by atoms with Gasteiger partial charge in [0.05, 0.1) is 18.8 Å². The van der Waals surface area contributed by atoms with Gasteiger partial charge < -0.3 is 20.2 Å².